The van der Waals surface area contributed by atoms with Crippen LogP contribution in [0.1, 0.15) is 10.4 Å². The normalized spacial score (nSPS) is 9.88. The standard InChI is InChI=1S/C13H10O4/c14-8-9-7-12(5-6-13(9)16)17-11-3-1-10(15)2-4-11/h1-8,15-16H. The van der Waals surface area contributed by atoms with Gasteiger partial charge in [0.25, 0.3) is 0 Å². The van der Waals surface area contributed by atoms with E-state index in [1.165, 1.54) is 24.3 Å². The Labute approximate surface area is 97.7 Å². The lowest BCUT2D eigenvalue weighted by Gasteiger charge is -2.06. The Balaban J connectivity index is 2.24. The van der Waals surface area contributed by atoms with Crippen molar-refractivity contribution < 1.29 is 19.7 Å². The van der Waals surface area contributed by atoms with E-state index in [0.29, 0.717) is 17.8 Å². The van der Waals surface area contributed by atoms with Crippen molar-refractivity contribution in [3.05, 3.63) is 48.0 Å². The minimum Gasteiger partial charge on any atom is -0.508 e. The van der Waals surface area contributed by atoms with Crippen molar-refractivity contribution in [2.24, 2.45) is 0 Å². The van der Waals surface area contributed by atoms with E-state index in [4.69, 9.17) is 9.84 Å². The molecule has 2 aromatic carbocycles. The molecule has 2 aromatic rings. The van der Waals surface area contributed by atoms with E-state index in [2.05, 4.69) is 0 Å². The summed E-state index contributed by atoms with van der Waals surface area (Å²) in [5.74, 6) is 1.04. The maximum Gasteiger partial charge on any atom is 0.153 e. The molecule has 4 heteroatoms. The summed E-state index contributed by atoms with van der Waals surface area (Å²) in [5.41, 5.74) is 0.168. The minimum absolute atomic E-state index is 0.0851. The topological polar surface area (TPSA) is 66.8 Å². The molecule has 0 amide bonds. The lowest BCUT2D eigenvalue weighted by molar-refractivity contribution is 0.112. The van der Waals surface area contributed by atoms with Crippen molar-refractivity contribution in [1.29, 1.82) is 0 Å². The fraction of sp³-hybridized carbons (Fsp3) is 0. The third-order valence-electron chi connectivity index (χ3n) is 2.20. The molecule has 0 saturated carbocycles. The maximum atomic E-state index is 10.6. The lowest BCUT2D eigenvalue weighted by atomic mass is 10.2. The number of carbonyl (C=O) groups is 1. The molecule has 0 aromatic heterocycles. The van der Waals surface area contributed by atoms with Gasteiger partial charge in [-0.3, -0.25) is 4.79 Å². The number of aromatic hydroxyl groups is 2. The Bertz CT molecular complexity index is 532. The molecule has 0 fully saturated rings. The van der Waals surface area contributed by atoms with Crippen LogP contribution < -0.4 is 4.74 Å². The summed E-state index contributed by atoms with van der Waals surface area (Å²) in [4.78, 5) is 10.6. The summed E-state index contributed by atoms with van der Waals surface area (Å²) in [6.45, 7) is 0. The molecule has 0 spiro atoms. The third-order valence-corrected chi connectivity index (χ3v) is 2.20. The van der Waals surface area contributed by atoms with Crippen LogP contribution in [-0.4, -0.2) is 16.5 Å². The number of aldehydes is 1. The van der Waals surface area contributed by atoms with Crippen LogP contribution in [-0.2, 0) is 0 Å². The van der Waals surface area contributed by atoms with Gasteiger partial charge in [-0.1, -0.05) is 0 Å². The highest BCUT2D eigenvalue weighted by Crippen LogP contribution is 2.27. The average Bonchev–Trinajstić information content (AvgIpc) is 2.34. The molecule has 0 radical (unpaired) electrons. The molecule has 0 aliphatic heterocycles. The Morgan fingerprint density at radius 3 is 2.24 bits per heavy atom. The maximum absolute atomic E-state index is 10.6. The first kappa shape index (κ1) is 11.0. The quantitative estimate of drug-likeness (QED) is 0.795. The fourth-order valence-corrected chi connectivity index (χ4v) is 1.34. The number of benzene rings is 2. The van der Waals surface area contributed by atoms with Crippen molar-refractivity contribution in [3.63, 3.8) is 0 Å². The summed E-state index contributed by atoms with van der Waals surface area (Å²) < 4.78 is 5.45. The zero-order valence-electron chi connectivity index (χ0n) is 8.83. The predicted octanol–water partition coefficient (Wildman–Crippen LogP) is 2.70. The summed E-state index contributed by atoms with van der Waals surface area (Å²) >= 11 is 0. The monoisotopic (exact) mass is 230 g/mol. The molecule has 17 heavy (non-hydrogen) atoms. The zero-order valence-corrected chi connectivity index (χ0v) is 8.83. The van der Waals surface area contributed by atoms with Gasteiger partial charge >= 0.3 is 0 Å². The molecule has 0 unspecified atom stereocenters. The highest BCUT2D eigenvalue weighted by atomic mass is 16.5. The van der Waals surface area contributed by atoms with Gasteiger partial charge < -0.3 is 14.9 Å². The van der Waals surface area contributed by atoms with Crippen molar-refractivity contribution in [1.82, 2.24) is 0 Å². The third kappa shape index (κ3) is 2.55. The molecule has 2 N–H and O–H groups in total. The number of ether oxygens (including phenoxy) is 1. The van der Waals surface area contributed by atoms with Gasteiger partial charge in [0.1, 0.15) is 23.0 Å². The van der Waals surface area contributed by atoms with Gasteiger partial charge in [-0.05, 0) is 42.5 Å². The summed E-state index contributed by atoms with van der Waals surface area (Å²) in [5, 5.41) is 18.4. The van der Waals surface area contributed by atoms with Gasteiger partial charge in [0, 0.05) is 0 Å². The van der Waals surface area contributed by atoms with Gasteiger partial charge in [-0.25, -0.2) is 0 Å². The van der Waals surface area contributed by atoms with Crippen LogP contribution in [0.2, 0.25) is 0 Å². The Morgan fingerprint density at radius 1 is 0.941 bits per heavy atom. The van der Waals surface area contributed by atoms with Crippen LogP contribution in [0.25, 0.3) is 0 Å². The van der Waals surface area contributed by atoms with E-state index >= 15 is 0 Å². The minimum atomic E-state index is -0.0851. The Hall–Kier alpha value is -2.49. The van der Waals surface area contributed by atoms with Crippen LogP contribution >= 0.6 is 0 Å². The van der Waals surface area contributed by atoms with Crippen molar-refractivity contribution in [2.75, 3.05) is 0 Å². The number of phenolic OH excluding ortho intramolecular Hbond substituents is 2. The van der Waals surface area contributed by atoms with Gasteiger partial charge in [-0.2, -0.15) is 0 Å². The van der Waals surface area contributed by atoms with Crippen LogP contribution in [0.5, 0.6) is 23.0 Å². The summed E-state index contributed by atoms with van der Waals surface area (Å²) in [6.07, 6.45) is 0.555. The molecule has 2 rings (SSSR count). The van der Waals surface area contributed by atoms with E-state index in [-0.39, 0.29) is 17.1 Å². The van der Waals surface area contributed by atoms with Crippen LogP contribution in [0.15, 0.2) is 42.5 Å². The van der Waals surface area contributed by atoms with Crippen molar-refractivity contribution >= 4 is 6.29 Å². The molecule has 0 atom stereocenters. The second kappa shape index (κ2) is 4.57. The molecular weight excluding hydrogens is 220 g/mol. The lowest BCUT2D eigenvalue weighted by Crippen LogP contribution is -1.87. The first-order valence-corrected chi connectivity index (χ1v) is 4.94. The van der Waals surface area contributed by atoms with Crippen LogP contribution in [0, 0.1) is 0 Å². The number of carbonyl (C=O) groups excluding carboxylic acids is 1. The highest BCUT2D eigenvalue weighted by molar-refractivity contribution is 5.79. The van der Waals surface area contributed by atoms with Gasteiger partial charge in [0.05, 0.1) is 5.56 Å². The highest BCUT2D eigenvalue weighted by Gasteiger charge is 2.03. The molecule has 4 nitrogen and oxygen atoms in total. The van der Waals surface area contributed by atoms with Crippen molar-refractivity contribution in [2.45, 2.75) is 0 Å². The largest absolute Gasteiger partial charge is 0.508 e. The van der Waals surface area contributed by atoms with E-state index < -0.39 is 0 Å². The first-order valence-electron chi connectivity index (χ1n) is 4.94. The Kier molecular flexibility index (Phi) is 2.96. The first-order chi connectivity index (χ1) is 8.19. The SMILES string of the molecule is O=Cc1cc(Oc2ccc(O)cc2)ccc1O. The molecule has 0 aliphatic carbocycles. The second-order valence-corrected chi connectivity index (χ2v) is 3.43. The van der Waals surface area contributed by atoms with E-state index in [0.717, 1.165) is 0 Å². The summed E-state index contributed by atoms with van der Waals surface area (Å²) in [7, 11) is 0. The molecule has 0 bridgehead atoms. The van der Waals surface area contributed by atoms with Gasteiger partial charge in [-0.15, -0.1) is 0 Å². The van der Waals surface area contributed by atoms with Crippen LogP contribution in [0.4, 0.5) is 0 Å². The van der Waals surface area contributed by atoms with Gasteiger partial charge in [0.2, 0.25) is 0 Å². The number of phenols is 2. The summed E-state index contributed by atoms with van der Waals surface area (Å²) in [6, 6.07) is 10.6. The van der Waals surface area contributed by atoms with Crippen LogP contribution in [0.3, 0.4) is 0 Å². The molecule has 86 valence electrons. The number of hydrogen-bond acceptors (Lipinski definition) is 4. The van der Waals surface area contributed by atoms with Crippen molar-refractivity contribution in [3.8, 4) is 23.0 Å². The zero-order chi connectivity index (χ0) is 12.3. The Morgan fingerprint density at radius 2 is 1.59 bits per heavy atom. The predicted molar refractivity (Wildman–Crippen MR) is 61.7 cm³/mol. The van der Waals surface area contributed by atoms with E-state index in [1.54, 1.807) is 18.2 Å². The average molecular weight is 230 g/mol. The van der Waals surface area contributed by atoms with E-state index in [9.17, 15) is 9.90 Å². The second-order valence-electron chi connectivity index (χ2n) is 3.43. The number of hydrogen-bond donors (Lipinski definition) is 2. The van der Waals surface area contributed by atoms with Gasteiger partial charge in [0.15, 0.2) is 6.29 Å². The smallest absolute Gasteiger partial charge is 0.153 e. The number of rotatable bonds is 3. The molecule has 0 saturated heterocycles. The van der Waals surface area contributed by atoms with E-state index in [1.807, 2.05) is 0 Å². The molecule has 0 aliphatic rings. The fourth-order valence-electron chi connectivity index (χ4n) is 1.34. The molecular formula is C13H10O4. The molecule has 0 heterocycles.